The third-order valence-electron chi connectivity index (χ3n) is 6.37. The molecule has 1 N–H and O–H groups in total. The molecule has 0 radical (unpaired) electrons. The maximum Gasteiger partial charge on any atom is 0.305 e. The normalized spacial score (nSPS) is 16.4. The fourth-order valence-electron chi connectivity index (χ4n) is 3.21. The largest absolute Gasteiger partial charge is 0.469 e. The summed E-state index contributed by atoms with van der Waals surface area (Å²) in [7, 11) is -0.702. The molecule has 0 unspecified atom stereocenters. The lowest BCUT2D eigenvalue weighted by atomic mass is 9.74. The number of methoxy groups -OCH3 is 1. The van der Waals surface area contributed by atoms with Crippen LogP contribution in [0.3, 0.4) is 0 Å². The molecule has 0 fully saturated rings. The first-order valence-electron chi connectivity index (χ1n) is 10.5. The molecule has 0 heterocycles. The van der Waals surface area contributed by atoms with Crippen LogP contribution in [0.15, 0.2) is 0 Å². The van der Waals surface area contributed by atoms with E-state index in [1.807, 2.05) is 20.8 Å². The number of aliphatic hydroxyl groups excluding tert-OH is 1. The standard InChI is InChI=1S/C22H44O5Si/c1-16(12-11-15-23)19(27-28(9,10)21(3,4)5)17(2)20(25)22(6,7)14-13-18(24)26-8/h16-17,19,23H,11-15H2,1-10H3/t16-,17+,19-/m0/s1. The Bertz CT molecular complexity index is 508. The molecule has 0 amide bonds. The zero-order valence-corrected chi connectivity index (χ0v) is 20.8. The number of carbonyl (C=O) groups excluding carboxylic acids is 2. The van der Waals surface area contributed by atoms with Crippen LogP contribution in [0.5, 0.6) is 0 Å². The third kappa shape index (κ3) is 7.95. The molecule has 0 spiro atoms. The Hall–Kier alpha value is -0.723. The highest BCUT2D eigenvalue weighted by Crippen LogP contribution is 2.41. The van der Waals surface area contributed by atoms with Gasteiger partial charge in [0.25, 0.3) is 0 Å². The Labute approximate surface area is 173 Å². The first-order valence-corrected chi connectivity index (χ1v) is 13.4. The molecule has 0 saturated carbocycles. The summed E-state index contributed by atoms with van der Waals surface area (Å²) in [6.45, 7) is 19.0. The maximum absolute atomic E-state index is 13.4. The molecule has 0 rings (SSSR count). The second-order valence-corrected chi connectivity index (χ2v) is 15.1. The molecule has 0 aliphatic heterocycles. The molecule has 3 atom stereocenters. The van der Waals surface area contributed by atoms with Crippen LogP contribution < -0.4 is 0 Å². The first-order chi connectivity index (χ1) is 12.6. The number of rotatable bonds is 12. The Morgan fingerprint density at radius 1 is 1.07 bits per heavy atom. The predicted octanol–water partition coefficient (Wildman–Crippen LogP) is 4.97. The number of hydrogen-bond acceptors (Lipinski definition) is 5. The molecule has 0 saturated heterocycles. The average molecular weight is 417 g/mol. The van der Waals surface area contributed by atoms with Gasteiger partial charge in [-0.2, -0.15) is 0 Å². The van der Waals surface area contributed by atoms with Gasteiger partial charge < -0.3 is 14.3 Å². The number of Topliss-reactive ketones (excluding diaryl/α,β-unsaturated/α-hetero) is 1. The summed E-state index contributed by atoms with van der Waals surface area (Å²) < 4.78 is 11.5. The van der Waals surface area contributed by atoms with Crippen LogP contribution in [0, 0.1) is 17.3 Å². The minimum atomic E-state index is -2.07. The molecule has 166 valence electrons. The van der Waals surface area contributed by atoms with Gasteiger partial charge in [0.05, 0.1) is 13.2 Å². The van der Waals surface area contributed by atoms with E-state index < -0.39 is 13.7 Å². The summed E-state index contributed by atoms with van der Waals surface area (Å²) in [6.07, 6.45) is 2.01. The smallest absolute Gasteiger partial charge is 0.305 e. The highest BCUT2D eigenvalue weighted by Gasteiger charge is 2.44. The van der Waals surface area contributed by atoms with Gasteiger partial charge >= 0.3 is 5.97 Å². The van der Waals surface area contributed by atoms with Gasteiger partial charge in [0.2, 0.25) is 0 Å². The topological polar surface area (TPSA) is 72.8 Å². The SMILES string of the molecule is COC(=O)CCC(C)(C)C(=O)[C@H](C)[C@@H](O[Si](C)(C)C(C)(C)C)[C@@H](C)CCCO. The van der Waals surface area contributed by atoms with E-state index >= 15 is 0 Å². The van der Waals surface area contributed by atoms with E-state index in [-0.39, 0.29) is 47.8 Å². The molecule has 0 aliphatic rings. The van der Waals surface area contributed by atoms with E-state index in [9.17, 15) is 14.7 Å². The van der Waals surface area contributed by atoms with Crippen LogP contribution in [0.25, 0.3) is 0 Å². The van der Waals surface area contributed by atoms with Gasteiger partial charge in [-0.15, -0.1) is 0 Å². The molecular weight excluding hydrogens is 372 g/mol. The summed E-state index contributed by atoms with van der Waals surface area (Å²) >= 11 is 0. The number of carbonyl (C=O) groups is 2. The lowest BCUT2D eigenvalue weighted by Crippen LogP contribution is -2.50. The Kier molecular flexibility index (Phi) is 10.6. The van der Waals surface area contributed by atoms with Gasteiger partial charge in [0.15, 0.2) is 8.32 Å². The average Bonchev–Trinajstić information content (AvgIpc) is 2.59. The van der Waals surface area contributed by atoms with Gasteiger partial charge in [-0.3, -0.25) is 9.59 Å². The molecule has 0 aromatic carbocycles. The second-order valence-electron chi connectivity index (χ2n) is 10.3. The molecule has 6 heteroatoms. The summed E-state index contributed by atoms with van der Waals surface area (Å²) in [5, 5.41) is 9.29. The van der Waals surface area contributed by atoms with Gasteiger partial charge in [-0.05, 0) is 43.3 Å². The van der Waals surface area contributed by atoms with E-state index in [0.29, 0.717) is 12.8 Å². The van der Waals surface area contributed by atoms with Crippen LogP contribution in [0.4, 0.5) is 0 Å². The molecule has 28 heavy (non-hydrogen) atoms. The Balaban J connectivity index is 5.56. The van der Waals surface area contributed by atoms with Crippen molar-refractivity contribution in [2.45, 2.75) is 98.4 Å². The van der Waals surface area contributed by atoms with Crippen LogP contribution in [0.1, 0.15) is 74.1 Å². The minimum Gasteiger partial charge on any atom is -0.469 e. The second kappa shape index (κ2) is 10.9. The quantitative estimate of drug-likeness (QED) is 0.359. The molecule has 0 aliphatic carbocycles. The summed E-state index contributed by atoms with van der Waals surface area (Å²) in [5.41, 5.74) is -0.626. The van der Waals surface area contributed by atoms with Crippen molar-refractivity contribution >= 4 is 20.1 Å². The van der Waals surface area contributed by atoms with Crippen molar-refractivity contribution in [3.8, 4) is 0 Å². The van der Waals surface area contributed by atoms with E-state index in [2.05, 4.69) is 40.8 Å². The van der Waals surface area contributed by atoms with Crippen molar-refractivity contribution in [3.63, 3.8) is 0 Å². The van der Waals surface area contributed by atoms with Crippen molar-refractivity contribution in [2.24, 2.45) is 17.3 Å². The van der Waals surface area contributed by atoms with Crippen molar-refractivity contribution in [1.29, 1.82) is 0 Å². The monoisotopic (exact) mass is 416 g/mol. The lowest BCUT2D eigenvalue weighted by Gasteiger charge is -2.43. The number of ether oxygens (including phenoxy) is 1. The highest BCUT2D eigenvalue weighted by molar-refractivity contribution is 6.74. The van der Waals surface area contributed by atoms with E-state index in [0.717, 1.165) is 6.42 Å². The number of hydrogen-bond donors (Lipinski definition) is 1. The van der Waals surface area contributed by atoms with Gasteiger partial charge in [0, 0.05) is 24.4 Å². The summed E-state index contributed by atoms with van der Waals surface area (Å²) in [6, 6.07) is 0. The number of esters is 1. The van der Waals surface area contributed by atoms with Crippen LogP contribution in [-0.2, 0) is 18.8 Å². The third-order valence-corrected chi connectivity index (χ3v) is 10.8. The highest BCUT2D eigenvalue weighted by atomic mass is 28.4. The fraction of sp³-hybridized carbons (Fsp3) is 0.909. The minimum absolute atomic E-state index is 0.0467. The Morgan fingerprint density at radius 2 is 1.61 bits per heavy atom. The molecule has 5 nitrogen and oxygen atoms in total. The molecule has 0 aromatic heterocycles. The zero-order chi connectivity index (χ0) is 22.3. The fourth-order valence-corrected chi connectivity index (χ4v) is 4.68. The lowest BCUT2D eigenvalue weighted by molar-refractivity contribution is -0.142. The number of ketones is 1. The van der Waals surface area contributed by atoms with Crippen molar-refractivity contribution in [3.05, 3.63) is 0 Å². The zero-order valence-electron chi connectivity index (χ0n) is 19.8. The van der Waals surface area contributed by atoms with E-state index in [4.69, 9.17) is 9.16 Å². The molecule has 0 bridgehead atoms. The maximum atomic E-state index is 13.4. The number of aliphatic hydroxyl groups is 1. The van der Waals surface area contributed by atoms with Crippen LogP contribution in [-0.4, -0.2) is 45.0 Å². The predicted molar refractivity (Wildman–Crippen MR) is 117 cm³/mol. The van der Waals surface area contributed by atoms with Crippen molar-refractivity contribution < 1.29 is 23.9 Å². The van der Waals surface area contributed by atoms with E-state index in [1.54, 1.807) is 0 Å². The summed E-state index contributed by atoms with van der Waals surface area (Å²) in [5.74, 6) is -0.290. The van der Waals surface area contributed by atoms with Gasteiger partial charge in [-0.1, -0.05) is 48.5 Å². The van der Waals surface area contributed by atoms with Crippen molar-refractivity contribution in [2.75, 3.05) is 13.7 Å². The Morgan fingerprint density at radius 3 is 2.04 bits per heavy atom. The molecule has 0 aromatic rings. The van der Waals surface area contributed by atoms with E-state index in [1.165, 1.54) is 7.11 Å². The first kappa shape index (κ1) is 27.3. The van der Waals surface area contributed by atoms with Crippen LogP contribution >= 0.6 is 0 Å². The van der Waals surface area contributed by atoms with Gasteiger partial charge in [-0.25, -0.2) is 0 Å². The van der Waals surface area contributed by atoms with Gasteiger partial charge in [0.1, 0.15) is 5.78 Å². The van der Waals surface area contributed by atoms with Crippen LogP contribution in [0.2, 0.25) is 18.1 Å². The summed E-state index contributed by atoms with van der Waals surface area (Å²) in [4.78, 5) is 24.9. The van der Waals surface area contributed by atoms with Crippen molar-refractivity contribution in [1.82, 2.24) is 0 Å². The molecular formula is C22H44O5Si.